The van der Waals surface area contributed by atoms with Gasteiger partial charge < -0.3 is 30.9 Å². The highest BCUT2D eigenvalue weighted by atomic mass is 16.5. The van der Waals surface area contributed by atoms with Gasteiger partial charge in [0.05, 0.1) is 18.7 Å². The van der Waals surface area contributed by atoms with Crippen LogP contribution in [0, 0.1) is 11.8 Å². The number of ether oxygens (including phenoxy) is 1. The maximum atomic E-state index is 13.9. The summed E-state index contributed by atoms with van der Waals surface area (Å²) in [5.74, 6) is -6.76. The summed E-state index contributed by atoms with van der Waals surface area (Å²) in [6.07, 6.45) is 0.739. The van der Waals surface area contributed by atoms with E-state index in [0.717, 1.165) is 0 Å². The standard InChI is InChI=1S/C29H28N2O9/c1-31(2)23-17-10-13-9-16-14(15-8-12(11-32)4-7-19(15)40-3)5-6-18(33)21(16)24(34)20(13)26(36)29(17,39)27(37)22(25(23)35)28(30)38/h4-8,11,13,17,23,33,35-36,39H,9-10H2,1-3H3,(H2,30,38)/t13-,17-,23-,29?/m0/s1. The maximum absolute atomic E-state index is 13.9. The number of carbonyl (C=O) groups excluding carboxylic acids is 4. The number of aliphatic hydroxyl groups is 3. The number of aldehydes is 1. The quantitative estimate of drug-likeness (QED) is 0.271. The van der Waals surface area contributed by atoms with Crippen molar-refractivity contribution in [2.24, 2.45) is 17.6 Å². The number of fused-ring (bicyclic) bond motifs is 3. The fourth-order valence-corrected chi connectivity index (χ4v) is 6.51. The maximum Gasteiger partial charge on any atom is 0.255 e. The Hall–Kier alpha value is -4.48. The van der Waals surface area contributed by atoms with Gasteiger partial charge in [-0.1, -0.05) is 6.07 Å². The molecule has 0 fully saturated rings. The summed E-state index contributed by atoms with van der Waals surface area (Å²) in [4.78, 5) is 52.4. The number of Topliss-reactive ketones (excluding diaryl/α,β-unsaturated/α-hetero) is 2. The Kier molecular flexibility index (Phi) is 6.31. The lowest BCUT2D eigenvalue weighted by molar-refractivity contribution is -0.148. The van der Waals surface area contributed by atoms with Crippen molar-refractivity contribution in [1.82, 2.24) is 4.90 Å². The van der Waals surface area contributed by atoms with Gasteiger partial charge in [-0.2, -0.15) is 0 Å². The second kappa shape index (κ2) is 9.32. The molecular formula is C29H28N2O9. The van der Waals surface area contributed by atoms with Gasteiger partial charge in [-0.15, -0.1) is 0 Å². The molecule has 1 unspecified atom stereocenters. The summed E-state index contributed by atoms with van der Waals surface area (Å²) < 4.78 is 5.49. The molecular weight excluding hydrogens is 520 g/mol. The van der Waals surface area contributed by atoms with Gasteiger partial charge in [-0.05, 0) is 68.2 Å². The topological polar surface area (TPSA) is 188 Å². The molecule has 4 atom stereocenters. The first-order valence-electron chi connectivity index (χ1n) is 12.5. The van der Waals surface area contributed by atoms with Gasteiger partial charge >= 0.3 is 0 Å². The molecule has 2 aromatic rings. The Morgan fingerprint density at radius 3 is 2.42 bits per heavy atom. The molecule has 0 saturated carbocycles. The molecule has 0 heterocycles. The summed E-state index contributed by atoms with van der Waals surface area (Å²) in [6.45, 7) is 0. The largest absolute Gasteiger partial charge is 0.510 e. The van der Waals surface area contributed by atoms with E-state index in [1.54, 1.807) is 38.4 Å². The second-order valence-corrected chi connectivity index (χ2v) is 10.5. The number of rotatable bonds is 5. The van der Waals surface area contributed by atoms with Crippen molar-refractivity contribution in [1.29, 1.82) is 0 Å². The van der Waals surface area contributed by atoms with E-state index >= 15 is 0 Å². The number of ketones is 2. The molecule has 0 aliphatic heterocycles. The predicted octanol–water partition coefficient (Wildman–Crippen LogP) is 1.61. The van der Waals surface area contributed by atoms with Crippen molar-refractivity contribution in [3.05, 3.63) is 69.7 Å². The number of likely N-dealkylation sites (N-methyl/N-ethyl adjacent to an activating group) is 1. The number of phenolic OH excluding ortho intramolecular Hbond substituents is 1. The predicted molar refractivity (Wildman–Crippen MR) is 141 cm³/mol. The molecule has 208 valence electrons. The van der Waals surface area contributed by atoms with E-state index in [4.69, 9.17) is 10.5 Å². The number of amides is 1. The van der Waals surface area contributed by atoms with Gasteiger partial charge in [0.25, 0.3) is 5.91 Å². The average Bonchev–Trinajstić information content (AvgIpc) is 2.90. The van der Waals surface area contributed by atoms with E-state index < -0.39 is 58.0 Å². The second-order valence-electron chi connectivity index (χ2n) is 10.5. The van der Waals surface area contributed by atoms with Crippen LogP contribution in [0.3, 0.4) is 0 Å². The average molecular weight is 549 g/mol. The number of carbonyl (C=O) groups is 4. The monoisotopic (exact) mass is 548 g/mol. The highest BCUT2D eigenvalue weighted by Crippen LogP contribution is 2.53. The Bertz CT molecular complexity index is 1570. The van der Waals surface area contributed by atoms with E-state index in [0.29, 0.717) is 34.3 Å². The normalized spacial score (nSPS) is 25.9. The van der Waals surface area contributed by atoms with Gasteiger partial charge in [-0.25, -0.2) is 0 Å². The number of nitrogens with two attached hydrogens (primary N) is 1. The van der Waals surface area contributed by atoms with E-state index in [2.05, 4.69) is 0 Å². The summed E-state index contributed by atoms with van der Waals surface area (Å²) >= 11 is 0. The number of aliphatic hydroxyl groups excluding tert-OH is 2. The van der Waals surface area contributed by atoms with Crippen molar-refractivity contribution in [2.45, 2.75) is 24.5 Å². The minimum Gasteiger partial charge on any atom is -0.510 e. The van der Waals surface area contributed by atoms with Crippen LogP contribution in [0.1, 0.15) is 32.7 Å². The molecule has 40 heavy (non-hydrogen) atoms. The number of hydrogen-bond acceptors (Lipinski definition) is 10. The number of allylic oxidation sites excluding steroid dienone is 1. The number of hydrogen-bond donors (Lipinski definition) is 5. The smallest absolute Gasteiger partial charge is 0.255 e. The van der Waals surface area contributed by atoms with Crippen LogP contribution in [0.2, 0.25) is 0 Å². The van der Waals surface area contributed by atoms with Crippen LogP contribution in [0.5, 0.6) is 11.5 Å². The Balaban J connectivity index is 1.74. The number of benzene rings is 2. The molecule has 0 spiro atoms. The van der Waals surface area contributed by atoms with E-state index in [9.17, 15) is 39.6 Å². The van der Waals surface area contributed by atoms with Crippen LogP contribution in [0.4, 0.5) is 0 Å². The van der Waals surface area contributed by atoms with E-state index in [1.165, 1.54) is 18.1 Å². The molecule has 0 radical (unpaired) electrons. The molecule has 2 aromatic carbocycles. The molecule has 11 heteroatoms. The lowest BCUT2D eigenvalue weighted by Crippen LogP contribution is -2.63. The third-order valence-electron chi connectivity index (χ3n) is 8.26. The molecule has 0 bridgehead atoms. The Labute approximate surface area is 228 Å². The van der Waals surface area contributed by atoms with Crippen molar-refractivity contribution in [2.75, 3.05) is 21.2 Å². The van der Waals surface area contributed by atoms with Crippen molar-refractivity contribution in [3.8, 4) is 22.6 Å². The molecule has 0 aromatic heterocycles. The summed E-state index contributed by atoms with van der Waals surface area (Å²) in [5, 5.41) is 44.8. The Morgan fingerprint density at radius 2 is 1.82 bits per heavy atom. The number of nitrogens with zero attached hydrogens (tertiary/aromatic N) is 1. The number of phenols is 1. The minimum absolute atomic E-state index is 0.0353. The summed E-state index contributed by atoms with van der Waals surface area (Å²) in [7, 11) is 4.59. The zero-order chi connectivity index (χ0) is 29.3. The number of primary amides is 1. The highest BCUT2D eigenvalue weighted by molar-refractivity contribution is 6.25. The minimum atomic E-state index is -2.71. The highest BCUT2D eigenvalue weighted by Gasteiger charge is 2.63. The first kappa shape index (κ1) is 27.1. The van der Waals surface area contributed by atoms with Crippen LogP contribution >= 0.6 is 0 Å². The zero-order valence-corrected chi connectivity index (χ0v) is 22.0. The van der Waals surface area contributed by atoms with Gasteiger partial charge in [0.15, 0.2) is 11.4 Å². The molecule has 3 aliphatic carbocycles. The molecule has 1 amide bonds. The zero-order valence-electron chi connectivity index (χ0n) is 22.0. The van der Waals surface area contributed by atoms with Crippen LogP contribution in [-0.4, -0.2) is 81.9 Å². The summed E-state index contributed by atoms with van der Waals surface area (Å²) in [5.41, 5.74) is 3.23. The van der Waals surface area contributed by atoms with E-state index in [-0.39, 0.29) is 29.7 Å². The third kappa shape index (κ3) is 3.58. The lowest BCUT2D eigenvalue weighted by Gasteiger charge is -2.50. The fourth-order valence-electron chi connectivity index (χ4n) is 6.51. The van der Waals surface area contributed by atoms with Crippen molar-refractivity contribution in [3.63, 3.8) is 0 Å². The van der Waals surface area contributed by atoms with Gasteiger partial charge in [0.1, 0.15) is 34.9 Å². The van der Waals surface area contributed by atoms with Crippen LogP contribution in [0.15, 0.2) is 53.0 Å². The van der Waals surface area contributed by atoms with Crippen LogP contribution < -0.4 is 10.5 Å². The van der Waals surface area contributed by atoms with Gasteiger partial charge in [0.2, 0.25) is 5.78 Å². The first-order valence-corrected chi connectivity index (χ1v) is 12.5. The molecule has 3 aliphatic rings. The van der Waals surface area contributed by atoms with Gasteiger partial charge in [0, 0.05) is 22.6 Å². The molecule has 6 N–H and O–H groups in total. The third-order valence-corrected chi connectivity index (χ3v) is 8.26. The fraction of sp³-hybridized carbons (Fsp3) is 0.310. The summed E-state index contributed by atoms with van der Waals surface area (Å²) in [6, 6.07) is 6.61. The van der Waals surface area contributed by atoms with E-state index in [1.807, 2.05) is 0 Å². The Morgan fingerprint density at radius 1 is 1.12 bits per heavy atom. The van der Waals surface area contributed by atoms with Crippen molar-refractivity contribution < 1.29 is 44.3 Å². The van der Waals surface area contributed by atoms with Gasteiger partial charge in [-0.3, -0.25) is 24.1 Å². The lowest BCUT2D eigenvalue weighted by atomic mass is 9.58. The molecule has 0 saturated heterocycles. The molecule has 5 rings (SSSR count). The number of methoxy groups -OCH3 is 1. The van der Waals surface area contributed by atoms with Crippen LogP contribution in [-0.2, 0) is 16.0 Å². The SMILES string of the molecule is COc1ccc(C=O)cc1-c1ccc(O)c2c1C[C@H]1C[C@H]3[C@H](N(C)C)C(O)=C(C(N)=O)C(=O)C3(O)C(O)=C1C2=O. The molecule has 11 nitrogen and oxygen atoms in total. The first-order chi connectivity index (χ1) is 18.9. The van der Waals surface area contributed by atoms with Crippen LogP contribution in [0.25, 0.3) is 11.1 Å². The van der Waals surface area contributed by atoms with Crippen molar-refractivity contribution >= 4 is 23.8 Å². The number of aromatic hydroxyl groups is 1.